The molecule has 0 aliphatic heterocycles. The van der Waals surface area contributed by atoms with Crippen LogP contribution in [-0.2, 0) is 35.4 Å². The second kappa shape index (κ2) is 13.9. The molecule has 6 aromatic rings. The second-order valence-electron chi connectivity index (χ2n) is 10.2. The number of sulfone groups is 1. The van der Waals surface area contributed by atoms with Crippen LogP contribution < -0.4 is 14.2 Å². The largest absolute Gasteiger partial charge is 0.485 e. The van der Waals surface area contributed by atoms with Crippen LogP contribution in [0.5, 0.6) is 17.2 Å². The maximum Gasteiger partial charge on any atom is 0.272 e. The maximum atomic E-state index is 13.8. The van der Waals surface area contributed by atoms with E-state index in [0.717, 1.165) is 16.7 Å². The summed E-state index contributed by atoms with van der Waals surface area (Å²) in [6.07, 6.45) is 0. The quantitative estimate of drug-likeness (QED) is 0.147. The lowest BCUT2D eigenvalue weighted by atomic mass is 10.2. The summed E-state index contributed by atoms with van der Waals surface area (Å²) >= 11 is 0. The Labute approximate surface area is 261 Å². The molecule has 0 saturated heterocycles. The third kappa shape index (κ3) is 7.54. The highest BCUT2D eigenvalue weighted by Gasteiger charge is 2.26. The summed E-state index contributed by atoms with van der Waals surface area (Å²) in [5.41, 5.74) is 3.80. The van der Waals surface area contributed by atoms with Crippen molar-refractivity contribution in [3.8, 4) is 22.9 Å². The fourth-order valence-corrected chi connectivity index (χ4v) is 5.96. The van der Waals surface area contributed by atoms with Crippen molar-refractivity contribution in [3.63, 3.8) is 0 Å². The van der Waals surface area contributed by atoms with E-state index in [2.05, 4.69) is 15.5 Å². The Morgan fingerprint density at radius 3 is 1.49 bits per heavy atom. The van der Waals surface area contributed by atoms with E-state index in [0.29, 0.717) is 28.5 Å². The molecule has 5 aromatic carbocycles. The molecule has 10 heteroatoms. The van der Waals surface area contributed by atoms with E-state index in [1.807, 2.05) is 97.1 Å². The van der Waals surface area contributed by atoms with Gasteiger partial charge in [-0.15, -0.1) is 0 Å². The molecule has 0 aliphatic rings. The Kier molecular flexibility index (Phi) is 9.12. The van der Waals surface area contributed by atoms with E-state index in [4.69, 9.17) is 14.2 Å². The molecule has 226 valence electrons. The van der Waals surface area contributed by atoms with E-state index >= 15 is 0 Å². The molecule has 0 radical (unpaired) electrons. The molecular formula is C35H30N4O5S. The minimum absolute atomic E-state index is 0.239. The van der Waals surface area contributed by atoms with Gasteiger partial charge in [0.15, 0.2) is 11.5 Å². The van der Waals surface area contributed by atoms with Crippen molar-refractivity contribution in [1.29, 1.82) is 0 Å². The third-order valence-electron chi connectivity index (χ3n) is 6.86. The van der Waals surface area contributed by atoms with Crippen molar-refractivity contribution in [3.05, 3.63) is 156 Å². The molecule has 9 nitrogen and oxygen atoms in total. The molecule has 45 heavy (non-hydrogen) atoms. The molecule has 1 aromatic heterocycles. The van der Waals surface area contributed by atoms with E-state index in [1.54, 1.807) is 36.4 Å². The first-order valence-electron chi connectivity index (χ1n) is 14.3. The lowest BCUT2D eigenvalue weighted by Gasteiger charge is -2.19. The summed E-state index contributed by atoms with van der Waals surface area (Å²) in [5, 5.41) is 11.2. The summed E-state index contributed by atoms with van der Waals surface area (Å²) in [7, 11) is -4.01. The van der Waals surface area contributed by atoms with Crippen LogP contribution in [-0.4, -0.2) is 28.6 Å². The van der Waals surface area contributed by atoms with Crippen LogP contribution in [0.4, 0.5) is 0 Å². The second-order valence-corrected chi connectivity index (χ2v) is 12.1. The molecule has 0 saturated carbocycles. The maximum absolute atomic E-state index is 13.8. The van der Waals surface area contributed by atoms with E-state index in [9.17, 15) is 8.42 Å². The third-order valence-corrected chi connectivity index (χ3v) is 8.38. The number of ether oxygens (including phenoxy) is 3. The fraction of sp³-hybridized carbons (Fsp3) is 0.114. The highest BCUT2D eigenvalue weighted by molar-refractivity contribution is 7.90. The molecule has 0 N–H and O–H groups in total. The SMILES string of the molecule is O=S(=O)(Cc1cc(OCc2ccccc2)c(OCc2ccccc2)c(OCc2ccccc2)c1)c1nnnn1-c1ccccc1. The Bertz CT molecular complexity index is 1870. The Morgan fingerprint density at radius 2 is 1.00 bits per heavy atom. The Balaban J connectivity index is 1.37. The van der Waals surface area contributed by atoms with Gasteiger partial charge < -0.3 is 14.2 Å². The van der Waals surface area contributed by atoms with Crippen LogP contribution in [0.25, 0.3) is 5.69 Å². The smallest absolute Gasteiger partial charge is 0.272 e. The highest BCUT2D eigenvalue weighted by atomic mass is 32.2. The van der Waals surface area contributed by atoms with Gasteiger partial charge in [0.2, 0.25) is 15.6 Å². The van der Waals surface area contributed by atoms with Gasteiger partial charge in [-0.1, -0.05) is 114 Å². The van der Waals surface area contributed by atoms with Gasteiger partial charge in [0.25, 0.3) is 5.16 Å². The lowest BCUT2D eigenvalue weighted by Crippen LogP contribution is -2.13. The number of hydrogen-bond donors (Lipinski definition) is 0. The van der Waals surface area contributed by atoms with Crippen molar-refractivity contribution in [1.82, 2.24) is 20.2 Å². The molecular weight excluding hydrogens is 588 g/mol. The first kappa shape index (κ1) is 29.6. The zero-order chi connectivity index (χ0) is 30.9. The Morgan fingerprint density at radius 1 is 0.556 bits per heavy atom. The normalized spacial score (nSPS) is 11.2. The summed E-state index contributed by atoms with van der Waals surface area (Å²) < 4.78 is 47.7. The van der Waals surface area contributed by atoms with Crippen molar-refractivity contribution < 1.29 is 22.6 Å². The summed E-state index contributed by atoms with van der Waals surface area (Å²) in [6, 6.07) is 41.4. The molecule has 1 heterocycles. The van der Waals surface area contributed by atoms with Gasteiger partial charge in [-0.3, -0.25) is 0 Å². The van der Waals surface area contributed by atoms with Gasteiger partial charge in [-0.2, -0.15) is 4.68 Å². The molecule has 0 amide bonds. The minimum Gasteiger partial charge on any atom is -0.485 e. The van der Waals surface area contributed by atoms with E-state index in [1.165, 1.54) is 4.68 Å². The monoisotopic (exact) mass is 618 g/mol. The van der Waals surface area contributed by atoms with Crippen molar-refractivity contribution in [2.45, 2.75) is 30.7 Å². The number of rotatable bonds is 13. The predicted molar refractivity (Wildman–Crippen MR) is 169 cm³/mol. The lowest BCUT2D eigenvalue weighted by molar-refractivity contribution is 0.229. The first-order chi connectivity index (χ1) is 22.0. The predicted octanol–water partition coefficient (Wildman–Crippen LogP) is 6.37. The molecule has 0 fully saturated rings. The van der Waals surface area contributed by atoms with E-state index < -0.39 is 15.6 Å². The molecule has 6 rings (SSSR count). The first-order valence-corrected chi connectivity index (χ1v) is 15.9. The van der Waals surface area contributed by atoms with Crippen molar-refractivity contribution in [2.75, 3.05) is 0 Å². The van der Waals surface area contributed by atoms with Crippen LogP contribution in [0.3, 0.4) is 0 Å². The Hall–Kier alpha value is -5.48. The zero-order valence-corrected chi connectivity index (χ0v) is 25.1. The topological polar surface area (TPSA) is 105 Å². The number of hydrogen-bond acceptors (Lipinski definition) is 8. The van der Waals surface area contributed by atoms with Gasteiger partial charge in [-0.05, 0) is 56.9 Å². The average molecular weight is 619 g/mol. The van der Waals surface area contributed by atoms with Crippen LogP contribution >= 0.6 is 0 Å². The molecule has 0 unspecified atom stereocenters. The fourth-order valence-electron chi connectivity index (χ4n) is 4.66. The van der Waals surface area contributed by atoms with Crippen LogP contribution in [0.1, 0.15) is 22.3 Å². The van der Waals surface area contributed by atoms with Gasteiger partial charge >= 0.3 is 0 Å². The zero-order valence-electron chi connectivity index (χ0n) is 24.3. The number of tetrazole rings is 1. The van der Waals surface area contributed by atoms with Gasteiger partial charge in [0.1, 0.15) is 19.8 Å². The van der Waals surface area contributed by atoms with Crippen molar-refractivity contribution >= 4 is 9.84 Å². The molecule has 0 bridgehead atoms. The van der Waals surface area contributed by atoms with Crippen LogP contribution in [0, 0.1) is 0 Å². The number of aromatic nitrogens is 4. The number of benzene rings is 5. The van der Waals surface area contributed by atoms with Gasteiger partial charge in [0.05, 0.1) is 11.4 Å². The number of nitrogens with zero attached hydrogens (tertiary/aromatic N) is 4. The minimum atomic E-state index is -4.01. The van der Waals surface area contributed by atoms with Crippen molar-refractivity contribution in [2.24, 2.45) is 0 Å². The van der Waals surface area contributed by atoms with Gasteiger partial charge in [0, 0.05) is 0 Å². The summed E-state index contributed by atoms with van der Waals surface area (Å²) in [6.45, 7) is 0.736. The number of para-hydroxylation sites is 1. The molecule has 0 aliphatic carbocycles. The highest BCUT2D eigenvalue weighted by Crippen LogP contribution is 2.41. The average Bonchev–Trinajstić information content (AvgIpc) is 3.59. The van der Waals surface area contributed by atoms with Crippen LogP contribution in [0.2, 0.25) is 0 Å². The molecule has 0 atom stereocenters. The van der Waals surface area contributed by atoms with E-state index in [-0.39, 0.29) is 25.0 Å². The molecule has 0 spiro atoms. The summed E-state index contributed by atoms with van der Waals surface area (Å²) in [5.74, 6) is 0.685. The standard InChI is InChI=1S/C35H30N4O5S/c40-45(41,35-36-37-38-39(35)31-19-11-4-12-20-31)26-30-21-32(42-23-27-13-5-1-6-14-27)34(44-25-29-17-9-3-10-18-29)33(22-30)43-24-28-15-7-2-8-16-28/h1-22H,23-26H2. The summed E-state index contributed by atoms with van der Waals surface area (Å²) in [4.78, 5) is 0. The van der Waals surface area contributed by atoms with Gasteiger partial charge in [-0.25, -0.2) is 8.42 Å². The van der Waals surface area contributed by atoms with Crippen LogP contribution in [0.15, 0.2) is 139 Å².